The largest absolute Gasteiger partial charge is 0.478 e. The topological polar surface area (TPSA) is 68.0 Å². The van der Waals surface area contributed by atoms with Crippen LogP contribution in [0, 0.1) is 6.92 Å². The smallest absolute Gasteiger partial charge is 0.338 e. The van der Waals surface area contributed by atoms with Crippen molar-refractivity contribution >= 4 is 17.0 Å². The van der Waals surface area contributed by atoms with Crippen molar-refractivity contribution in [1.29, 1.82) is 0 Å². The number of fused-ring (bicyclic) bond motifs is 1. The maximum absolute atomic E-state index is 11.1. The van der Waals surface area contributed by atoms with Crippen LogP contribution in [0.5, 0.6) is 0 Å². The first kappa shape index (κ1) is 11.6. The van der Waals surface area contributed by atoms with Crippen molar-refractivity contribution in [2.45, 2.75) is 26.7 Å². The van der Waals surface area contributed by atoms with E-state index in [2.05, 4.69) is 16.9 Å². The second kappa shape index (κ2) is 4.16. The van der Waals surface area contributed by atoms with E-state index in [0.717, 1.165) is 24.4 Å². The highest BCUT2D eigenvalue weighted by Crippen LogP contribution is 2.22. The predicted molar refractivity (Wildman–Crippen MR) is 64.2 cm³/mol. The third-order valence-electron chi connectivity index (χ3n) is 2.75. The van der Waals surface area contributed by atoms with Crippen LogP contribution in [0.3, 0.4) is 0 Å². The maximum atomic E-state index is 11.1. The minimum atomic E-state index is -0.939. The number of carboxylic acids is 1. The average Bonchev–Trinajstić information content (AvgIpc) is 2.58. The van der Waals surface area contributed by atoms with E-state index in [9.17, 15) is 4.79 Å². The average molecular weight is 233 g/mol. The fraction of sp³-hybridized carbons (Fsp3) is 0.417. The zero-order valence-corrected chi connectivity index (χ0v) is 10.2. The van der Waals surface area contributed by atoms with Gasteiger partial charge in [0, 0.05) is 19.7 Å². The van der Waals surface area contributed by atoms with E-state index >= 15 is 0 Å². The summed E-state index contributed by atoms with van der Waals surface area (Å²) in [6, 6.07) is 0. The Labute approximate surface area is 99.1 Å². The van der Waals surface area contributed by atoms with Gasteiger partial charge < -0.3 is 9.67 Å². The normalized spacial score (nSPS) is 11.0. The number of hydrogen-bond acceptors (Lipinski definition) is 3. The van der Waals surface area contributed by atoms with Crippen LogP contribution in [0.2, 0.25) is 0 Å². The molecule has 0 amide bonds. The molecule has 5 heteroatoms. The van der Waals surface area contributed by atoms with Gasteiger partial charge in [-0.3, -0.25) is 0 Å². The summed E-state index contributed by atoms with van der Waals surface area (Å²) in [6.45, 7) is 3.90. The molecule has 0 aliphatic carbocycles. The third-order valence-corrected chi connectivity index (χ3v) is 2.75. The Kier molecular flexibility index (Phi) is 2.83. The van der Waals surface area contributed by atoms with Gasteiger partial charge in [-0.05, 0) is 13.3 Å². The van der Waals surface area contributed by atoms with Crippen molar-refractivity contribution in [2.24, 2.45) is 7.05 Å². The highest BCUT2D eigenvalue weighted by molar-refractivity contribution is 6.03. The molecule has 0 fully saturated rings. The number of nitrogens with zero attached hydrogens (tertiary/aromatic N) is 3. The summed E-state index contributed by atoms with van der Waals surface area (Å²) in [5, 5.41) is 9.76. The number of aromatic nitrogens is 3. The summed E-state index contributed by atoms with van der Waals surface area (Å²) in [4.78, 5) is 19.9. The van der Waals surface area contributed by atoms with E-state index < -0.39 is 5.97 Å². The number of hydrogen-bond donors (Lipinski definition) is 1. The van der Waals surface area contributed by atoms with Crippen molar-refractivity contribution in [1.82, 2.24) is 14.5 Å². The summed E-state index contributed by atoms with van der Waals surface area (Å²) in [7, 11) is 1.80. The van der Waals surface area contributed by atoms with Crippen molar-refractivity contribution in [2.75, 3.05) is 0 Å². The van der Waals surface area contributed by atoms with Gasteiger partial charge in [-0.1, -0.05) is 6.92 Å². The first-order valence-electron chi connectivity index (χ1n) is 5.60. The molecule has 0 saturated carbocycles. The van der Waals surface area contributed by atoms with Crippen LogP contribution in [0.4, 0.5) is 0 Å². The molecule has 0 aliphatic rings. The number of carboxylic acid groups (broad SMARTS) is 1. The lowest BCUT2D eigenvalue weighted by atomic mass is 10.2. The van der Waals surface area contributed by atoms with E-state index in [4.69, 9.17) is 5.11 Å². The molecule has 0 aliphatic heterocycles. The molecule has 0 radical (unpaired) electrons. The molecule has 0 unspecified atom stereocenters. The SMILES string of the molecule is CCCc1nc(C)c2c(C(=O)O)cn(C)c2n1. The lowest BCUT2D eigenvalue weighted by Gasteiger charge is -2.03. The van der Waals surface area contributed by atoms with Crippen LogP contribution >= 0.6 is 0 Å². The molecule has 0 atom stereocenters. The van der Waals surface area contributed by atoms with Crippen LogP contribution in [-0.4, -0.2) is 25.6 Å². The summed E-state index contributed by atoms with van der Waals surface area (Å²) >= 11 is 0. The molecule has 0 spiro atoms. The second-order valence-electron chi connectivity index (χ2n) is 4.13. The van der Waals surface area contributed by atoms with E-state index in [1.54, 1.807) is 17.8 Å². The molecule has 2 heterocycles. The Bertz CT molecular complexity index is 587. The first-order chi connectivity index (χ1) is 8.04. The molecule has 0 saturated heterocycles. The van der Waals surface area contributed by atoms with Crippen LogP contribution < -0.4 is 0 Å². The molecule has 1 N–H and O–H groups in total. The minimum Gasteiger partial charge on any atom is -0.478 e. The van der Waals surface area contributed by atoms with Gasteiger partial charge in [0.15, 0.2) is 0 Å². The van der Waals surface area contributed by atoms with Gasteiger partial charge in [0.2, 0.25) is 0 Å². The molecule has 0 aromatic carbocycles. The van der Waals surface area contributed by atoms with Crippen molar-refractivity contribution in [3.8, 4) is 0 Å². The van der Waals surface area contributed by atoms with E-state index in [-0.39, 0.29) is 5.56 Å². The fourth-order valence-corrected chi connectivity index (χ4v) is 2.00. The highest BCUT2D eigenvalue weighted by Gasteiger charge is 2.17. The third kappa shape index (κ3) is 1.88. The molecular weight excluding hydrogens is 218 g/mol. The summed E-state index contributed by atoms with van der Waals surface area (Å²) < 4.78 is 1.74. The number of carbonyl (C=O) groups is 1. The molecular formula is C12H15N3O2. The Morgan fingerprint density at radius 3 is 2.76 bits per heavy atom. The Hall–Kier alpha value is -1.91. The fourth-order valence-electron chi connectivity index (χ4n) is 2.00. The number of rotatable bonds is 3. The van der Waals surface area contributed by atoms with Crippen LogP contribution in [0.25, 0.3) is 11.0 Å². The van der Waals surface area contributed by atoms with E-state index in [1.807, 2.05) is 6.92 Å². The van der Waals surface area contributed by atoms with E-state index in [0.29, 0.717) is 11.0 Å². The van der Waals surface area contributed by atoms with Crippen LogP contribution in [0.15, 0.2) is 6.20 Å². The summed E-state index contributed by atoms with van der Waals surface area (Å²) in [5.74, 6) is -0.166. The Morgan fingerprint density at radius 2 is 2.18 bits per heavy atom. The maximum Gasteiger partial charge on any atom is 0.338 e. The summed E-state index contributed by atoms with van der Waals surface area (Å²) in [5.41, 5.74) is 1.69. The van der Waals surface area contributed by atoms with Crippen LogP contribution in [-0.2, 0) is 13.5 Å². The zero-order valence-electron chi connectivity index (χ0n) is 10.2. The van der Waals surface area contributed by atoms with Gasteiger partial charge in [-0.2, -0.15) is 0 Å². The van der Waals surface area contributed by atoms with Gasteiger partial charge in [-0.25, -0.2) is 14.8 Å². The Morgan fingerprint density at radius 1 is 1.47 bits per heavy atom. The molecule has 17 heavy (non-hydrogen) atoms. The van der Waals surface area contributed by atoms with Crippen molar-refractivity contribution < 1.29 is 9.90 Å². The molecule has 0 bridgehead atoms. The van der Waals surface area contributed by atoms with Gasteiger partial charge in [-0.15, -0.1) is 0 Å². The number of aromatic carboxylic acids is 1. The van der Waals surface area contributed by atoms with Crippen LogP contribution in [0.1, 0.15) is 35.2 Å². The molecule has 2 rings (SSSR count). The number of aryl methyl sites for hydroxylation is 3. The Balaban J connectivity index is 2.73. The van der Waals surface area contributed by atoms with Crippen molar-refractivity contribution in [3.63, 3.8) is 0 Å². The van der Waals surface area contributed by atoms with Gasteiger partial charge >= 0.3 is 5.97 Å². The van der Waals surface area contributed by atoms with Gasteiger partial charge in [0.1, 0.15) is 11.5 Å². The van der Waals surface area contributed by atoms with Gasteiger partial charge in [0.25, 0.3) is 0 Å². The summed E-state index contributed by atoms with van der Waals surface area (Å²) in [6.07, 6.45) is 3.37. The molecule has 2 aromatic heterocycles. The predicted octanol–water partition coefficient (Wildman–Crippen LogP) is 1.93. The highest BCUT2D eigenvalue weighted by atomic mass is 16.4. The monoisotopic (exact) mass is 233 g/mol. The lowest BCUT2D eigenvalue weighted by Crippen LogP contribution is -2.01. The minimum absolute atomic E-state index is 0.267. The molecule has 90 valence electrons. The first-order valence-corrected chi connectivity index (χ1v) is 5.60. The zero-order chi connectivity index (χ0) is 12.6. The quantitative estimate of drug-likeness (QED) is 0.879. The lowest BCUT2D eigenvalue weighted by molar-refractivity contribution is 0.0698. The van der Waals surface area contributed by atoms with Crippen molar-refractivity contribution in [3.05, 3.63) is 23.3 Å². The van der Waals surface area contributed by atoms with E-state index in [1.165, 1.54) is 0 Å². The second-order valence-corrected chi connectivity index (χ2v) is 4.13. The van der Waals surface area contributed by atoms with Gasteiger partial charge in [0.05, 0.1) is 16.6 Å². The molecule has 5 nitrogen and oxygen atoms in total. The molecule has 2 aromatic rings. The standard InChI is InChI=1S/C12H15N3O2/c1-4-5-9-13-7(2)10-8(12(16)17)6-15(3)11(10)14-9/h6H,4-5H2,1-3H3,(H,16,17).